The molecule has 0 amide bonds. The number of benzene rings is 1. The molecule has 1 atom stereocenters. The van der Waals surface area contributed by atoms with Crippen LogP contribution in [0.1, 0.15) is 40.0 Å². The van der Waals surface area contributed by atoms with E-state index in [1.807, 2.05) is 45.0 Å². The van der Waals surface area contributed by atoms with E-state index in [1.54, 1.807) is 0 Å². The first-order valence-electron chi connectivity index (χ1n) is 7.66. The first-order chi connectivity index (χ1) is 9.83. The second-order valence-electron chi connectivity index (χ2n) is 6.84. The van der Waals surface area contributed by atoms with Gasteiger partial charge in [-0.1, -0.05) is 0 Å². The molecule has 1 aliphatic rings. The van der Waals surface area contributed by atoms with E-state index in [0.29, 0.717) is 12.3 Å². The van der Waals surface area contributed by atoms with Crippen molar-refractivity contribution in [2.24, 2.45) is 5.92 Å². The SMILES string of the molecule is CC(C)(C)OC(=O)C[C@@H]1CCCN(c2ccc(N)cc2)C1. The van der Waals surface area contributed by atoms with Crippen molar-refractivity contribution in [3.63, 3.8) is 0 Å². The zero-order valence-electron chi connectivity index (χ0n) is 13.3. The summed E-state index contributed by atoms with van der Waals surface area (Å²) in [5.74, 6) is 0.276. The number of carbonyl (C=O) groups excluding carboxylic acids is 1. The summed E-state index contributed by atoms with van der Waals surface area (Å²) in [6.45, 7) is 7.67. The lowest BCUT2D eigenvalue weighted by Gasteiger charge is -2.34. The minimum atomic E-state index is -0.400. The number of piperidine rings is 1. The highest BCUT2D eigenvalue weighted by atomic mass is 16.6. The molecule has 4 heteroatoms. The van der Waals surface area contributed by atoms with Gasteiger partial charge in [0.2, 0.25) is 0 Å². The van der Waals surface area contributed by atoms with Crippen molar-refractivity contribution >= 4 is 17.3 Å². The Kier molecular flexibility index (Phi) is 4.76. The smallest absolute Gasteiger partial charge is 0.306 e. The number of rotatable bonds is 3. The van der Waals surface area contributed by atoms with E-state index in [2.05, 4.69) is 4.90 Å². The third-order valence-corrected chi connectivity index (χ3v) is 3.65. The van der Waals surface area contributed by atoms with E-state index < -0.39 is 5.60 Å². The Morgan fingerprint density at radius 1 is 1.33 bits per heavy atom. The van der Waals surface area contributed by atoms with Crippen molar-refractivity contribution in [1.82, 2.24) is 0 Å². The number of hydrogen-bond donors (Lipinski definition) is 1. The van der Waals surface area contributed by atoms with E-state index in [9.17, 15) is 4.79 Å². The first kappa shape index (κ1) is 15.7. The zero-order chi connectivity index (χ0) is 15.5. The molecule has 0 saturated carbocycles. The molecule has 2 N–H and O–H groups in total. The quantitative estimate of drug-likeness (QED) is 0.686. The van der Waals surface area contributed by atoms with Crippen LogP contribution in [0.5, 0.6) is 0 Å². The van der Waals surface area contributed by atoms with Crippen LogP contribution in [0.4, 0.5) is 11.4 Å². The topological polar surface area (TPSA) is 55.6 Å². The molecule has 116 valence electrons. The summed E-state index contributed by atoms with van der Waals surface area (Å²) in [5, 5.41) is 0. The van der Waals surface area contributed by atoms with Gasteiger partial charge in [0.25, 0.3) is 0 Å². The van der Waals surface area contributed by atoms with Gasteiger partial charge in [-0.25, -0.2) is 0 Å². The van der Waals surface area contributed by atoms with Gasteiger partial charge in [-0.15, -0.1) is 0 Å². The molecule has 1 aliphatic heterocycles. The maximum absolute atomic E-state index is 12.0. The Balaban J connectivity index is 1.91. The summed E-state index contributed by atoms with van der Waals surface area (Å²) in [7, 11) is 0. The molecule has 21 heavy (non-hydrogen) atoms. The van der Waals surface area contributed by atoms with Gasteiger partial charge in [-0.2, -0.15) is 0 Å². The summed E-state index contributed by atoms with van der Waals surface area (Å²) in [6.07, 6.45) is 2.70. The molecule has 0 spiro atoms. The third-order valence-electron chi connectivity index (χ3n) is 3.65. The monoisotopic (exact) mass is 290 g/mol. The molecule has 0 aromatic heterocycles. The van der Waals surface area contributed by atoms with Gasteiger partial charge >= 0.3 is 5.97 Å². The van der Waals surface area contributed by atoms with Gasteiger partial charge < -0.3 is 15.4 Å². The van der Waals surface area contributed by atoms with Crippen molar-refractivity contribution in [2.75, 3.05) is 23.7 Å². The van der Waals surface area contributed by atoms with Crippen LogP contribution in [0.25, 0.3) is 0 Å². The van der Waals surface area contributed by atoms with Crippen molar-refractivity contribution in [3.05, 3.63) is 24.3 Å². The van der Waals surface area contributed by atoms with Crippen molar-refractivity contribution in [3.8, 4) is 0 Å². The lowest BCUT2D eigenvalue weighted by atomic mass is 9.94. The fraction of sp³-hybridized carbons (Fsp3) is 0.588. The van der Waals surface area contributed by atoms with E-state index in [0.717, 1.165) is 31.6 Å². The minimum absolute atomic E-state index is 0.0911. The maximum atomic E-state index is 12.0. The summed E-state index contributed by atoms with van der Waals surface area (Å²) in [4.78, 5) is 14.3. The van der Waals surface area contributed by atoms with Crippen LogP contribution in [-0.4, -0.2) is 24.7 Å². The number of esters is 1. The van der Waals surface area contributed by atoms with Crippen LogP contribution in [0, 0.1) is 5.92 Å². The van der Waals surface area contributed by atoms with Gasteiger partial charge in [-0.3, -0.25) is 4.79 Å². The van der Waals surface area contributed by atoms with Gasteiger partial charge in [0, 0.05) is 24.5 Å². The molecule has 0 bridgehead atoms. The molecule has 1 heterocycles. The summed E-state index contributed by atoms with van der Waals surface area (Å²) < 4.78 is 5.42. The molecule has 0 aliphatic carbocycles. The highest BCUT2D eigenvalue weighted by molar-refractivity contribution is 5.70. The molecule has 1 aromatic carbocycles. The predicted molar refractivity (Wildman–Crippen MR) is 86.3 cm³/mol. The molecule has 1 aromatic rings. The highest BCUT2D eigenvalue weighted by Crippen LogP contribution is 2.26. The average molecular weight is 290 g/mol. The number of carbonyl (C=O) groups is 1. The largest absolute Gasteiger partial charge is 0.460 e. The number of nitrogens with two attached hydrogens (primary N) is 1. The predicted octanol–water partition coefficient (Wildman–Crippen LogP) is 3.22. The average Bonchev–Trinajstić information content (AvgIpc) is 2.37. The standard InChI is InChI=1S/C17H26N2O2/c1-17(2,3)21-16(20)11-13-5-4-10-19(12-13)15-8-6-14(18)7-9-15/h6-9,13H,4-5,10-12,18H2,1-3H3/t13-/m0/s1. The fourth-order valence-electron chi connectivity index (χ4n) is 2.77. The number of anilines is 2. The maximum Gasteiger partial charge on any atom is 0.306 e. The first-order valence-corrected chi connectivity index (χ1v) is 7.66. The number of ether oxygens (including phenoxy) is 1. The molecular formula is C17H26N2O2. The Bertz CT molecular complexity index is 477. The van der Waals surface area contributed by atoms with E-state index in [4.69, 9.17) is 10.5 Å². The van der Waals surface area contributed by atoms with Crippen molar-refractivity contribution in [2.45, 2.75) is 45.6 Å². The lowest BCUT2D eigenvalue weighted by molar-refractivity contribution is -0.156. The molecule has 4 nitrogen and oxygen atoms in total. The summed E-state index contributed by atoms with van der Waals surface area (Å²) in [5.41, 5.74) is 7.29. The molecule has 0 radical (unpaired) electrons. The molecule has 1 fully saturated rings. The van der Waals surface area contributed by atoms with Crippen LogP contribution < -0.4 is 10.6 Å². The van der Waals surface area contributed by atoms with Crippen LogP contribution >= 0.6 is 0 Å². The van der Waals surface area contributed by atoms with Crippen LogP contribution in [0.15, 0.2) is 24.3 Å². The second-order valence-corrected chi connectivity index (χ2v) is 6.84. The molecule has 1 saturated heterocycles. The molecule has 2 rings (SSSR count). The third kappa shape index (κ3) is 4.96. The van der Waals surface area contributed by atoms with Crippen LogP contribution in [-0.2, 0) is 9.53 Å². The van der Waals surface area contributed by atoms with Gasteiger partial charge in [0.05, 0.1) is 6.42 Å². The normalized spacial score (nSPS) is 19.4. The zero-order valence-corrected chi connectivity index (χ0v) is 13.3. The van der Waals surface area contributed by atoms with E-state index in [-0.39, 0.29) is 5.97 Å². The van der Waals surface area contributed by atoms with Gasteiger partial charge in [0.1, 0.15) is 5.60 Å². The number of hydrogen-bond acceptors (Lipinski definition) is 4. The Morgan fingerprint density at radius 3 is 2.62 bits per heavy atom. The molecule has 0 unspecified atom stereocenters. The Hall–Kier alpha value is -1.71. The summed E-state index contributed by atoms with van der Waals surface area (Å²) >= 11 is 0. The van der Waals surface area contributed by atoms with Crippen LogP contribution in [0.2, 0.25) is 0 Å². The second kappa shape index (κ2) is 6.37. The highest BCUT2D eigenvalue weighted by Gasteiger charge is 2.25. The van der Waals surface area contributed by atoms with Gasteiger partial charge in [-0.05, 0) is 63.8 Å². The number of nitrogen functional groups attached to an aromatic ring is 1. The number of nitrogens with zero attached hydrogens (tertiary/aromatic N) is 1. The molecular weight excluding hydrogens is 264 g/mol. The van der Waals surface area contributed by atoms with Crippen molar-refractivity contribution < 1.29 is 9.53 Å². The Morgan fingerprint density at radius 2 is 2.00 bits per heavy atom. The van der Waals surface area contributed by atoms with E-state index in [1.165, 1.54) is 5.69 Å². The van der Waals surface area contributed by atoms with Gasteiger partial charge in [0.15, 0.2) is 0 Å². The fourth-order valence-corrected chi connectivity index (χ4v) is 2.77. The van der Waals surface area contributed by atoms with E-state index >= 15 is 0 Å². The Labute approximate surface area is 127 Å². The summed E-state index contributed by atoms with van der Waals surface area (Å²) in [6, 6.07) is 7.94. The minimum Gasteiger partial charge on any atom is -0.460 e. The van der Waals surface area contributed by atoms with Crippen LogP contribution in [0.3, 0.4) is 0 Å². The lowest BCUT2D eigenvalue weighted by Crippen LogP contribution is -2.37. The van der Waals surface area contributed by atoms with Crippen molar-refractivity contribution in [1.29, 1.82) is 0 Å².